The minimum Gasteiger partial charge on any atom is -0.494 e. The van der Waals surface area contributed by atoms with E-state index in [-0.39, 0.29) is 30.9 Å². The molecule has 0 spiro atoms. The molecule has 0 saturated heterocycles. The van der Waals surface area contributed by atoms with E-state index in [1.807, 2.05) is 6.92 Å². The number of benzene rings is 1. The molecule has 0 fully saturated rings. The lowest BCUT2D eigenvalue weighted by Crippen LogP contribution is -2.47. The highest BCUT2D eigenvalue weighted by molar-refractivity contribution is 5.99. The number of nitrogens with one attached hydrogen (secondary N) is 3. The first kappa shape index (κ1) is 39.1. The second-order valence-corrected chi connectivity index (χ2v) is 10.7. The van der Waals surface area contributed by atoms with Crippen LogP contribution in [0.25, 0.3) is 11.3 Å². The number of nitrogens with zero attached hydrogens (tertiary/aromatic N) is 2. The van der Waals surface area contributed by atoms with Crippen LogP contribution in [-0.2, 0) is 28.7 Å². The monoisotopic (exact) mass is 671 g/mol. The summed E-state index contributed by atoms with van der Waals surface area (Å²) in [5.41, 5.74) is 0.844. The van der Waals surface area contributed by atoms with E-state index in [1.165, 1.54) is 18.2 Å². The minimum atomic E-state index is -1.30. The van der Waals surface area contributed by atoms with Crippen LogP contribution in [-0.4, -0.2) is 90.9 Å². The van der Waals surface area contributed by atoms with Gasteiger partial charge in [-0.3, -0.25) is 29.2 Å². The van der Waals surface area contributed by atoms with E-state index in [9.17, 15) is 34.0 Å². The fourth-order valence-corrected chi connectivity index (χ4v) is 4.96. The Hall–Kier alpha value is -5.05. The summed E-state index contributed by atoms with van der Waals surface area (Å²) >= 11 is 0. The van der Waals surface area contributed by atoms with Gasteiger partial charge in [-0.25, -0.2) is 14.8 Å². The lowest BCUT2D eigenvalue weighted by Gasteiger charge is -2.29. The molecular weight excluding hydrogens is 626 g/mol. The second-order valence-electron chi connectivity index (χ2n) is 10.7. The maximum absolute atomic E-state index is 13.2. The van der Waals surface area contributed by atoms with Crippen molar-refractivity contribution in [2.75, 3.05) is 27.5 Å². The van der Waals surface area contributed by atoms with E-state index in [2.05, 4.69) is 25.7 Å². The molecule has 0 saturated carbocycles. The number of hydrogen-bond acceptors (Lipinski definition) is 11. The molecule has 15 nitrogen and oxygen atoms in total. The summed E-state index contributed by atoms with van der Waals surface area (Å²) in [6.45, 7) is 5.60. The van der Waals surface area contributed by atoms with Crippen LogP contribution in [0.15, 0.2) is 36.4 Å². The number of hydrogen-bond donors (Lipinski definition) is 4. The molecule has 0 bridgehead atoms. The summed E-state index contributed by atoms with van der Waals surface area (Å²) in [6.07, 6.45) is 3.19. The molecule has 2 aromatic rings. The Labute approximate surface area is 279 Å². The molecule has 0 aliphatic carbocycles. The van der Waals surface area contributed by atoms with Gasteiger partial charge in [-0.2, -0.15) is 0 Å². The molecule has 0 radical (unpaired) electrons. The number of methoxy groups -OCH3 is 2. The minimum absolute atomic E-state index is 0.0202. The number of ether oxygens (including phenoxy) is 3. The zero-order valence-corrected chi connectivity index (χ0v) is 27.9. The van der Waals surface area contributed by atoms with Crippen molar-refractivity contribution in [3.63, 3.8) is 0 Å². The van der Waals surface area contributed by atoms with Crippen molar-refractivity contribution in [2.24, 2.45) is 5.92 Å². The summed E-state index contributed by atoms with van der Waals surface area (Å²) in [7, 11) is 2.28. The first-order valence-electron chi connectivity index (χ1n) is 15.7. The van der Waals surface area contributed by atoms with E-state index in [0.717, 1.165) is 33.5 Å². The molecule has 1 heterocycles. The smallest absolute Gasteiger partial charge is 0.328 e. The van der Waals surface area contributed by atoms with Gasteiger partial charge in [-0.1, -0.05) is 39.2 Å². The van der Waals surface area contributed by atoms with Crippen molar-refractivity contribution in [3.8, 4) is 17.0 Å². The first-order valence-corrected chi connectivity index (χ1v) is 15.7. The van der Waals surface area contributed by atoms with Crippen LogP contribution in [0.4, 0.5) is 0 Å². The number of carbonyl (C=O) groups excluding carboxylic acids is 6. The molecular formula is C33H45N5O10. The zero-order valence-electron chi connectivity index (χ0n) is 27.9. The molecule has 0 aliphatic rings. The standard InChI is InChI=1S/C33H45N5O10/c1-6-9-10-12-24(28(7-2)38(45)20-39)31(42)34-19-35-32(43)26-14-11-13-25(36-26)21-15-22(17-23(16-21)48-8-3)30(41)37-27(33(44)47-5)18-29(40)46-4/h11,13-17,20,24,27-28,45H,6-10,12,18-19H2,1-5H3,(H,34,42)(H,35,43)(H,37,41)/t24-,27+,28-/m1/s1. The van der Waals surface area contributed by atoms with Gasteiger partial charge in [0.05, 0.1) is 51.6 Å². The van der Waals surface area contributed by atoms with Crippen LogP contribution >= 0.6 is 0 Å². The number of hydroxylamine groups is 2. The van der Waals surface area contributed by atoms with E-state index >= 15 is 0 Å². The van der Waals surface area contributed by atoms with Crippen LogP contribution in [0.2, 0.25) is 0 Å². The fourth-order valence-electron chi connectivity index (χ4n) is 4.96. The van der Waals surface area contributed by atoms with Gasteiger partial charge in [-0.05, 0) is 50.1 Å². The molecule has 15 heteroatoms. The van der Waals surface area contributed by atoms with E-state index in [4.69, 9.17) is 9.47 Å². The Morgan fingerprint density at radius 2 is 1.73 bits per heavy atom. The molecule has 262 valence electrons. The third kappa shape index (κ3) is 11.6. The van der Waals surface area contributed by atoms with Gasteiger partial charge in [-0.15, -0.1) is 0 Å². The topological polar surface area (TPSA) is 203 Å². The molecule has 48 heavy (non-hydrogen) atoms. The highest BCUT2D eigenvalue weighted by Gasteiger charge is 2.31. The second kappa shape index (κ2) is 20.2. The molecule has 1 aromatic carbocycles. The van der Waals surface area contributed by atoms with Crippen molar-refractivity contribution in [1.29, 1.82) is 0 Å². The van der Waals surface area contributed by atoms with Gasteiger partial charge in [0.15, 0.2) is 0 Å². The zero-order chi connectivity index (χ0) is 35.6. The number of aromatic nitrogens is 1. The molecule has 0 unspecified atom stereocenters. The molecule has 2 rings (SSSR count). The van der Waals surface area contributed by atoms with Crippen LogP contribution < -0.4 is 20.7 Å². The summed E-state index contributed by atoms with van der Waals surface area (Å²) < 4.78 is 14.9. The normalized spacial score (nSPS) is 12.5. The van der Waals surface area contributed by atoms with Crippen LogP contribution in [0.1, 0.15) is 80.1 Å². The Morgan fingerprint density at radius 3 is 2.35 bits per heavy atom. The van der Waals surface area contributed by atoms with Crippen molar-refractivity contribution >= 4 is 36.1 Å². The summed E-state index contributed by atoms with van der Waals surface area (Å²) in [6, 6.07) is 7.25. The molecule has 0 aliphatic heterocycles. The lowest BCUT2D eigenvalue weighted by molar-refractivity contribution is -0.168. The van der Waals surface area contributed by atoms with E-state index in [1.54, 1.807) is 32.0 Å². The molecule has 3 atom stereocenters. The number of esters is 2. The predicted molar refractivity (Wildman–Crippen MR) is 173 cm³/mol. The Bertz CT molecular complexity index is 1420. The largest absolute Gasteiger partial charge is 0.494 e. The van der Waals surface area contributed by atoms with Gasteiger partial charge in [0.1, 0.15) is 17.5 Å². The maximum atomic E-state index is 13.2. The number of unbranched alkanes of at least 4 members (excludes halogenated alkanes) is 2. The summed E-state index contributed by atoms with van der Waals surface area (Å²) in [5.74, 6) is -3.62. The van der Waals surface area contributed by atoms with Gasteiger partial charge >= 0.3 is 11.9 Å². The van der Waals surface area contributed by atoms with Crippen molar-refractivity contribution in [1.82, 2.24) is 26.0 Å². The van der Waals surface area contributed by atoms with Gasteiger partial charge in [0.25, 0.3) is 11.8 Å². The van der Waals surface area contributed by atoms with Crippen LogP contribution in [0.5, 0.6) is 5.75 Å². The maximum Gasteiger partial charge on any atom is 0.328 e. The number of rotatable bonds is 20. The molecule has 4 amide bonds. The van der Waals surface area contributed by atoms with Crippen molar-refractivity contribution < 1.29 is 48.2 Å². The Kier molecular flexibility index (Phi) is 16.5. The Morgan fingerprint density at radius 1 is 0.979 bits per heavy atom. The number of carbonyl (C=O) groups is 6. The van der Waals surface area contributed by atoms with Gasteiger partial charge in [0, 0.05) is 11.1 Å². The van der Waals surface area contributed by atoms with Crippen molar-refractivity contribution in [2.45, 2.75) is 71.4 Å². The quantitative estimate of drug-likeness (QED) is 0.0402. The third-order valence-corrected chi connectivity index (χ3v) is 7.44. The third-order valence-electron chi connectivity index (χ3n) is 7.44. The predicted octanol–water partition coefficient (Wildman–Crippen LogP) is 2.61. The average molecular weight is 672 g/mol. The summed E-state index contributed by atoms with van der Waals surface area (Å²) in [4.78, 5) is 78.9. The van der Waals surface area contributed by atoms with Gasteiger partial charge < -0.3 is 30.2 Å². The molecule has 1 aromatic heterocycles. The van der Waals surface area contributed by atoms with Crippen LogP contribution in [0, 0.1) is 5.92 Å². The highest BCUT2D eigenvalue weighted by Crippen LogP contribution is 2.26. The van der Waals surface area contributed by atoms with Crippen LogP contribution in [0.3, 0.4) is 0 Å². The lowest BCUT2D eigenvalue weighted by atomic mass is 9.90. The van der Waals surface area contributed by atoms with E-state index in [0.29, 0.717) is 34.9 Å². The Balaban J connectivity index is 2.24. The van der Waals surface area contributed by atoms with Gasteiger partial charge in [0.2, 0.25) is 12.3 Å². The number of pyridine rings is 1. The summed E-state index contributed by atoms with van der Waals surface area (Å²) in [5, 5.41) is 18.3. The fraction of sp³-hybridized carbons (Fsp3) is 0.485. The molecule has 4 N–H and O–H groups in total. The van der Waals surface area contributed by atoms with E-state index < -0.39 is 54.1 Å². The highest BCUT2D eigenvalue weighted by atomic mass is 16.5. The average Bonchev–Trinajstić information content (AvgIpc) is 3.10. The van der Waals surface area contributed by atoms with Crippen molar-refractivity contribution in [3.05, 3.63) is 47.7 Å². The first-order chi connectivity index (χ1) is 23.0. The number of amides is 4. The SMILES string of the molecule is CCCCC[C@@H](C(=O)NCNC(=O)c1cccc(-c2cc(OCC)cc(C(=O)N[C@@H](CC(=O)OC)C(=O)OC)c2)n1)[C@@H](CC)N(O)C=O.